The molecule has 0 saturated heterocycles. The number of halogens is 3. The van der Waals surface area contributed by atoms with Crippen molar-refractivity contribution < 1.29 is 13.6 Å². The minimum atomic E-state index is -2.69. The van der Waals surface area contributed by atoms with Crippen LogP contribution in [0.2, 0.25) is 0 Å². The molecule has 70 valence electrons. The van der Waals surface area contributed by atoms with Crippen LogP contribution in [0.5, 0.6) is 0 Å². The SMILES string of the molecule is Nc1cnc(C=O)c(I)c1C(F)F. The fourth-order valence-corrected chi connectivity index (χ4v) is 1.65. The van der Waals surface area contributed by atoms with Crippen molar-refractivity contribution in [3.63, 3.8) is 0 Å². The fraction of sp³-hybridized carbons (Fsp3) is 0.143. The maximum Gasteiger partial charge on any atom is 0.266 e. The number of aldehydes is 1. The van der Waals surface area contributed by atoms with Gasteiger partial charge in [0, 0.05) is 0 Å². The second-order valence-corrected chi connectivity index (χ2v) is 3.32. The van der Waals surface area contributed by atoms with E-state index in [1.54, 1.807) is 22.6 Å². The van der Waals surface area contributed by atoms with Gasteiger partial charge >= 0.3 is 0 Å². The molecule has 1 aromatic rings. The van der Waals surface area contributed by atoms with Crippen molar-refractivity contribution in [2.75, 3.05) is 5.73 Å². The molecule has 0 unspecified atom stereocenters. The minimum absolute atomic E-state index is 0.00917. The molecule has 0 aromatic carbocycles. The monoisotopic (exact) mass is 298 g/mol. The number of nitrogens with zero attached hydrogens (tertiary/aromatic N) is 1. The minimum Gasteiger partial charge on any atom is -0.397 e. The van der Waals surface area contributed by atoms with E-state index in [0.29, 0.717) is 6.29 Å². The van der Waals surface area contributed by atoms with Gasteiger partial charge in [-0.05, 0) is 22.6 Å². The molecule has 6 heteroatoms. The van der Waals surface area contributed by atoms with Crippen molar-refractivity contribution in [3.8, 4) is 0 Å². The summed E-state index contributed by atoms with van der Waals surface area (Å²) in [6, 6.07) is 0. The second-order valence-electron chi connectivity index (χ2n) is 2.24. The molecule has 0 spiro atoms. The first-order chi connectivity index (χ1) is 6.07. The molecular formula is C7H5F2IN2O. The molecule has 0 atom stereocenters. The van der Waals surface area contributed by atoms with Gasteiger partial charge in [-0.1, -0.05) is 0 Å². The zero-order chi connectivity index (χ0) is 10.0. The highest BCUT2D eigenvalue weighted by Gasteiger charge is 2.18. The van der Waals surface area contributed by atoms with Crippen molar-refractivity contribution in [1.29, 1.82) is 0 Å². The highest BCUT2D eigenvalue weighted by atomic mass is 127. The van der Waals surface area contributed by atoms with Crippen LogP contribution in [-0.2, 0) is 0 Å². The summed E-state index contributed by atoms with van der Waals surface area (Å²) >= 11 is 1.63. The molecule has 0 aliphatic rings. The Balaban J connectivity index is 3.38. The maximum absolute atomic E-state index is 12.4. The van der Waals surface area contributed by atoms with Crippen molar-refractivity contribution in [1.82, 2.24) is 4.98 Å². The predicted molar refractivity (Wildman–Crippen MR) is 51.7 cm³/mol. The third-order valence-corrected chi connectivity index (χ3v) is 2.58. The van der Waals surface area contributed by atoms with Gasteiger partial charge in [0.05, 0.1) is 21.0 Å². The number of rotatable bonds is 2. The molecule has 0 bridgehead atoms. The Labute approximate surface area is 86.5 Å². The van der Waals surface area contributed by atoms with Gasteiger partial charge in [0.15, 0.2) is 6.29 Å². The van der Waals surface area contributed by atoms with E-state index in [1.807, 2.05) is 0 Å². The number of carbonyl (C=O) groups is 1. The van der Waals surface area contributed by atoms with Crippen LogP contribution in [0.25, 0.3) is 0 Å². The summed E-state index contributed by atoms with van der Waals surface area (Å²) in [5.41, 5.74) is 4.86. The Hall–Kier alpha value is -0.790. The van der Waals surface area contributed by atoms with E-state index in [2.05, 4.69) is 4.98 Å². The number of aromatic nitrogens is 1. The normalized spacial score (nSPS) is 10.5. The van der Waals surface area contributed by atoms with Gasteiger partial charge in [0.1, 0.15) is 5.69 Å². The Morgan fingerprint density at radius 1 is 1.62 bits per heavy atom. The topological polar surface area (TPSA) is 56.0 Å². The number of pyridine rings is 1. The number of anilines is 1. The first-order valence-corrected chi connectivity index (χ1v) is 4.33. The van der Waals surface area contributed by atoms with E-state index in [1.165, 1.54) is 0 Å². The molecule has 0 fully saturated rings. The molecule has 0 amide bonds. The third-order valence-electron chi connectivity index (χ3n) is 1.44. The zero-order valence-corrected chi connectivity index (χ0v) is 8.46. The first-order valence-electron chi connectivity index (χ1n) is 3.25. The maximum atomic E-state index is 12.4. The van der Waals surface area contributed by atoms with Crippen LogP contribution in [0.1, 0.15) is 22.5 Å². The number of nitrogen functional groups attached to an aromatic ring is 1. The Bertz CT molecular complexity index is 344. The average molecular weight is 298 g/mol. The summed E-state index contributed by atoms with van der Waals surface area (Å²) in [6.45, 7) is 0. The number of alkyl halides is 2. The Morgan fingerprint density at radius 2 is 2.23 bits per heavy atom. The second kappa shape index (κ2) is 3.95. The lowest BCUT2D eigenvalue weighted by Gasteiger charge is -2.07. The summed E-state index contributed by atoms with van der Waals surface area (Å²) in [4.78, 5) is 14.0. The molecule has 1 heterocycles. The Kier molecular flexibility index (Phi) is 3.12. The summed E-state index contributed by atoms with van der Waals surface area (Å²) in [6.07, 6.45) is -1.20. The number of hydrogen-bond acceptors (Lipinski definition) is 3. The van der Waals surface area contributed by atoms with Crippen molar-refractivity contribution in [3.05, 3.63) is 21.0 Å². The van der Waals surface area contributed by atoms with Gasteiger partial charge in [0.2, 0.25) is 0 Å². The summed E-state index contributed by atoms with van der Waals surface area (Å²) in [7, 11) is 0. The zero-order valence-electron chi connectivity index (χ0n) is 6.30. The van der Waals surface area contributed by atoms with Gasteiger partial charge in [-0.15, -0.1) is 0 Å². The smallest absolute Gasteiger partial charge is 0.266 e. The van der Waals surface area contributed by atoms with Crippen LogP contribution in [0.15, 0.2) is 6.20 Å². The molecule has 0 radical (unpaired) electrons. The van der Waals surface area contributed by atoms with Gasteiger partial charge in [-0.25, -0.2) is 8.78 Å². The number of hydrogen-bond donors (Lipinski definition) is 1. The molecule has 3 nitrogen and oxygen atoms in total. The molecule has 0 aliphatic carbocycles. The van der Waals surface area contributed by atoms with E-state index in [-0.39, 0.29) is 20.5 Å². The van der Waals surface area contributed by atoms with Gasteiger partial charge in [0.25, 0.3) is 6.43 Å². The molecule has 1 rings (SSSR count). The lowest BCUT2D eigenvalue weighted by Crippen LogP contribution is -2.03. The van der Waals surface area contributed by atoms with E-state index in [0.717, 1.165) is 6.20 Å². The molecule has 0 saturated carbocycles. The Morgan fingerprint density at radius 3 is 2.69 bits per heavy atom. The quantitative estimate of drug-likeness (QED) is 0.671. The lowest BCUT2D eigenvalue weighted by molar-refractivity contribution is 0.111. The van der Waals surface area contributed by atoms with Crippen LogP contribution >= 0.6 is 22.6 Å². The van der Waals surface area contributed by atoms with E-state index < -0.39 is 6.43 Å². The van der Waals surface area contributed by atoms with Crippen LogP contribution in [0.3, 0.4) is 0 Å². The molecule has 2 N–H and O–H groups in total. The van der Waals surface area contributed by atoms with E-state index >= 15 is 0 Å². The average Bonchev–Trinajstić information content (AvgIpc) is 2.04. The summed E-state index contributed by atoms with van der Waals surface area (Å²) < 4.78 is 24.9. The van der Waals surface area contributed by atoms with Crippen LogP contribution in [0, 0.1) is 3.57 Å². The van der Waals surface area contributed by atoms with Crippen molar-refractivity contribution >= 4 is 34.6 Å². The van der Waals surface area contributed by atoms with Gasteiger partial charge < -0.3 is 5.73 Å². The van der Waals surface area contributed by atoms with Gasteiger partial charge in [-0.2, -0.15) is 0 Å². The fourth-order valence-electron chi connectivity index (χ4n) is 0.834. The van der Waals surface area contributed by atoms with Crippen LogP contribution < -0.4 is 5.73 Å². The van der Waals surface area contributed by atoms with Crippen LogP contribution in [0.4, 0.5) is 14.5 Å². The number of carbonyl (C=O) groups excluding carboxylic acids is 1. The third kappa shape index (κ3) is 1.93. The highest BCUT2D eigenvalue weighted by molar-refractivity contribution is 14.1. The lowest BCUT2D eigenvalue weighted by atomic mass is 10.2. The van der Waals surface area contributed by atoms with Crippen molar-refractivity contribution in [2.45, 2.75) is 6.43 Å². The summed E-state index contributed by atoms with van der Waals surface area (Å²) in [5, 5.41) is 0. The molecule has 1 aromatic heterocycles. The predicted octanol–water partition coefficient (Wildman–Crippen LogP) is 2.02. The van der Waals surface area contributed by atoms with E-state index in [9.17, 15) is 13.6 Å². The summed E-state index contributed by atoms with van der Waals surface area (Å²) in [5.74, 6) is 0. The van der Waals surface area contributed by atoms with Crippen molar-refractivity contribution in [2.24, 2.45) is 0 Å². The first kappa shape index (κ1) is 10.3. The number of nitrogens with two attached hydrogens (primary N) is 1. The molecule has 0 aliphatic heterocycles. The molecular weight excluding hydrogens is 293 g/mol. The van der Waals surface area contributed by atoms with Gasteiger partial charge in [-0.3, -0.25) is 9.78 Å². The largest absolute Gasteiger partial charge is 0.397 e. The van der Waals surface area contributed by atoms with Crippen LogP contribution in [-0.4, -0.2) is 11.3 Å². The standard InChI is InChI=1S/C7H5F2IN2O/c8-7(9)5-3(11)1-12-4(2-13)6(5)10/h1-2,7H,11H2. The highest BCUT2D eigenvalue weighted by Crippen LogP contribution is 2.30. The molecule has 13 heavy (non-hydrogen) atoms. The van der Waals surface area contributed by atoms with E-state index in [4.69, 9.17) is 5.73 Å².